The molecule has 1 aliphatic rings. The van der Waals surface area contributed by atoms with Gasteiger partial charge in [-0.3, -0.25) is 0 Å². The van der Waals surface area contributed by atoms with Crippen molar-refractivity contribution >= 4 is 0 Å². The smallest absolute Gasteiger partial charge is 0.163 e. The third-order valence-corrected chi connectivity index (χ3v) is 4.64. The Morgan fingerprint density at radius 1 is 0.760 bits per heavy atom. The van der Waals surface area contributed by atoms with Gasteiger partial charge in [0.2, 0.25) is 0 Å². The molecule has 1 saturated heterocycles. The van der Waals surface area contributed by atoms with Gasteiger partial charge in [-0.1, -0.05) is 60.7 Å². The molecule has 0 amide bonds. The van der Waals surface area contributed by atoms with Crippen molar-refractivity contribution in [3.63, 3.8) is 0 Å². The fourth-order valence-electron chi connectivity index (χ4n) is 3.48. The van der Waals surface area contributed by atoms with Gasteiger partial charge in [0.25, 0.3) is 0 Å². The van der Waals surface area contributed by atoms with E-state index in [1.54, 1.807) is 0 Å². The Morgan fingerprint density at radius 3 is 1.48 bits per heavy atom. The summed E-state index contributed by atoms with van der Waals surface area (Å²) in [7, 11) is 0. The maximum absolute atomic E-state index is 6.49. The molecule has 0 saturated carbocycles. The summed E-state index contributed by atoms with van der Waals surface area (Å²) in [6.45, 7) is 3.84. The minimum Gasteiger partial charge on any atom is -0.343 e. The summed E-state index contributed by atoms with van der Waals surface area (Å²) in [5, 5.41) is 0. The van der Waals surface area contributed by atoms with Gasteiger partial charge in [-0.25, -0.2) is 0 Å². The number of rotatable bonds is 6. The summed E-state index contributed by atoms with van der Waals surface area (Å²) in [6.07, 6.45) is 1.02. The highest BCUT2D eigenvalue weighted by atomic mass is 16.8. The Bertz CT molecular complexity index is 603. The van der Waals surface area contributed by atoms with Crippen molar-refractivity contribution in [2.45, 2.75) is 56.8 Å². The molecule has 0 bridgehead atoms. The number of ether oxygens (including phenoxy) is 2. The van der Waals surface area contributed by atoms with Gasteiger partial charge in [-0.15, -0.1) is 0 Å². The molecule has 0 unspecified atom stereocenters. The Morgan fingerprint density at radius 2 is 1.12 bits per heavy atom. The molecule has 134 valence electrons. The quantitative estimate of drug-likeness (QED) is 0.848. The summed E-state index contributed by atoms with van der Waals surface area (Å²) < 4.78 is 12.3. The Labute approximate surface area is 150 Å². The highest BCUT2D eigenvalue weighted by Gasteiger charge is 2.46. The Kier molecular flexibility index (Phi) is 5.54. The summed E-state index contributed by atoms with van der Waals surface area (Å²) >= 11 is 0. The van der Waals surface area contributed by atoms with E-state index in [2.05, 4.69) is 24.3 Å². The maximum Gasteiger partial charge on any atom is 0.163 e. The first-order valence-electron chi connectivity index (χ1n) is 8.89. The zero-order valence-corrected chi connectivity index (χ0v) is 15.0. The summed E-state index contributed by atoms with van der Waals surface area (Å²) in [6, 6.07) is 20.1. The zero-order valence-electron chi connectivity index (χ0n) is 15.0. The molecular weight excluding hydrogens is 312 g/mol. The van der Waals surface area contributed by atoms with Crippen LogP contribution in [0.4, 0.5) is 0 Å². The van der Waals surface area contributed by atoms with E-state index in [-0.39, 0.29) is 24.3 Å². The molecule has 4 nitrogen and oxygen atoms in total. The monoisotopic (exact) mass is 340 g/mol. The predicted molar refractivity (Wildman–Crippen MR) is 100 cm³/mol. The van der Waals surface area contributed by atoms with Gasteiger partial charge in [0.15, 0.2) is 5.79 Å². The lowest BCUT2D eigenvalue weighted by Crippen LogP contribution is -2.51. The van der Waals surface area contributed by atoms with Crippen LogP contribution in [-0.2, 0) is 22.3 Å². The van der Waals surface area contributed by atoms with Crippen molar-refractivity contribution in [1.29, 1.82) is 0 Å². The van der Waals surface area contributed by atoms with Crippen molar-refractivity contribution in [2.75, 3.05) is 0 Å². The molecule has 1 heterocycles. The molecule has 3 rings (SSSR count). The fourth-order valence-corrected chi connectivity index (χ4v) is 3.48. The van der Waals surface area contributed by atoms with Crippen molar-refractivity contribution < 1.29 is 9.47 Å². The summed E-state index contributed by atoms with van der Waals surface area (Å²) in [5.41, 5.74) is 15.4. The van der Waals surface area contributed by atoms with Crippen LogP contribution in [0.3, 0.4) is 0 Å². The van der Waals surface area contributed by atoms with E-state index in [1.807, 2.05) is 50.2 Å². The van der Waals surface area contributed by atoms with Gasteiger partial charge in [-0.2, -0.15) is 0 Å². The first-order valence-corrected chi connectivity index (χ1v) is 8.89. The highest BCUT2D eigenvalue weighted by Crippen LogP contribution is 2.32. The van der Waals surface area contributed by atoms with Gasteiger partial charge in [0.05, 0.1) is 0 Å². The molecular formula is C21H28N2O2. The molecule has 1 aliphatic heterocycles. The molecule has 4 N–H and O–H groups in total. The van der Waals surface area contributed by atoms with Gasteiger partial charge in [0.1, 0.15) is 12.2 Å². The van der Waals surface area contributed by atoms with E-state index in [0.29, 0.717) is 0 Å². The van der Waals surface area contributed by atoms with Crippen LogP contribution in [0.25, 0.3) is 0 Å². The van der Waals surface area contributed by atoms with Crippen LogP contribution in [-0.4, -0.2) is 30.1 Å². The van der Waals surface area contributed by atoms with Gasteiger partial charge >= 0.3 is 0 Å². The first-order chi connectivity index (χ1) is 11.9. The van der Waals surface area contributed by atoms with Crippen LogP contribution in [0.5, 0.6) is 0 Å². The van der Waals surface area contributed by atoms with Crippen LogP contribution in [0, 0.1) is 0 Å². The predicted octanol–water partition coefficient (Wildman–Crippen LogP) is 2.65. The molecule has 0 spiro atoms. The van der Waals surface area contributed by atoms with Crippen LogP contribution in [0.15, 0.2) is 60.7 Å². The first kappa shape index (κ1) is 18.1. The number of nitrogens with two attached hydrogens (primary N) is 2. The lowest BCUT2D eigenvalue weighted by molar-refractivity contribution is -0.149. The molecule has 0 aromatic heterocycles. The average molecular weight is 340 g/mol. The van der Waals surface area contributed by atoms with E-state index < -0.39 is 5.79 Å². The fraction of sp³-hybridized carbons (Fsp3) is 0.429. The Hall–Kier alpha value is -1.72. The maximum atomic E-state index is 6.49. The largest absolute Gasteiger partial charge is 0.343 e. The van der Waals surface area contributed by atoms with Crippen LogP contribution >= 0.6 is 0 Å². The van der Waals surface area contributed by atoms with Crippen LogP contribution in [0.2, 0.25) is 0 Å². The summed E-state index contributed by atoms with van der Waals surface area (Å²) in [4.78, 5) is 0. The Balaban J connectivity index is 1.71. The minimum absolute atomic E-state index is 0.170. The molecule has 0 radical (unpaired) electrons. The van der Waals surface area contributed by atoms with E-state index >= 15 is 0 Å². The lowest BCUT2D eigenvalue weighted by Gasteiger charge is -2.27. The molecule has 25 heavy (non-hydrogen) atoms. The molecule has 2 aromatic carbocycles. The van der Waals surface area contributed by atoms with Gasteiger partial charge in [0, 0.05) is 12.1 Å². The molecule has 2 aromatic rings. The van der Waals surface area contributed by atoms with Crippen molar-refractivity contribution in [3.8, 4) is 0 Å². The topological polar surface area (TPSA) is 70.5 Å². The van der Waals surface area contributed by atoms with Gasteiger partial charge in [-0.05, 0) is 37.8 Å². The second-order valence-corrected chi connectivity index (χ2v) is 7.27. The molecule has 1 fully saturated rings. The lowest BCUT2D eigenvalue weighted by atomic mass is 9.92. The van der Waals surface area contributed by atoms with Crippen LogP contribution in [0.1, 0.15) is 25.0 Å². The third-order valence-electron chi connectivity index (χ3n) is 4.64. The molecule has 4 atom stereocenters. The van der Waals surface area contributed by atoms with E-state index in [4.69, 9.17) is 20.9 Å². The normalized spacial score (nSPS) is 24.8. The second kappa shape index (κ2) is 7.67. The van der Waals surface area contributed by atoms with E-state index in [0.717, 1.165) is 12.8 Å². The third kappa shape index (κ3) is 4.67. The standard InChI is InChI=1S/C21H28N2O2/c1-21(2)24-19(17(22)13-15-9-5-3-6-10-15)20(25-21)18(23)14-16-11-7-4-8-12-16/h3-12,17-20H,13-14,22-23H2,1-2H3/t17-,18-,19+,20+/m1/s1. The average Bonchev–Trinajstić information content (AvgIpc) is 2.93. The molecule has 0 aliphatic carbocycles. The van der Waals surface area contributed by atoms with E-state index in [9.17, 15) is 0 Å². The molecule has 4 heteroatoms. The van der Waals surface area contributed by atoms with Crippen LogP contribution < -0.4 is 11.5 Å². The number of hydrogen-bond donors (Lipinski definition) is 2. The second-order valence-electron chi connectivity index (χ2n) is 7.27. The minimum atomic E-state index is -0.669. The van der Waals surface area contributed by atoms with Crippen molar-refractivity contribution in [2.24, 2.45) is 11.5 Å². The SMILES string of the molecule is CC1(C)O[C@@H]([C@H](N)Cc2ccccc2)[C@H]([C@H](N)Cc2ccccc2)O1. The number of benzene rings is 2. The van der Waals surface area contributed by atoms with Gasteiger partial charge < -0.3 is 20.9 Å². The number of hydrogen-bond acceptors (Lipinski definition) is 4. The van der Waals surface area contributed by atoms with Crippen molar-refractivity contribution in [3.05, 3.63) is 71.8 Å². The van der Waals surface area contributed by atoms with E-state index in [1.165, 1.54) is 11.1 Å². The van der Waals surface area contributed by atoms with Crippen molar-refractivity contribution in [1.82, 2.24) is 0 Å². The summed E-state index contributed by atoms with van der Waals surface area (Å²) in [5.74, 6) is -0.669. The zero-order chi connectivity index (χ0) is 17.9. The highest BCUT2D eigenvalue weighted by molar-refractivity contribution is 5.18.